The Morgan fingerprint density at radius 2 is 2.42 bits per heavy atom. The minimum atomic E-state index is -0.227. The number of hydrogen-bond acceptors (Lipinski definition) is 1. The number of terminal acetylenes is 1. The first-order valence-electron chi connectivity index (χ1n) is 3.49. The van der Waals surface area contributed by atoms with Crippen LogP contribution in [0.1, 0.15) is 13.0 Å². The summed E-state index contributed by atoms with van der Waals surface area (Å²) in [5.74, 6) is 2.46. The molecule has 62 valence electrons. The molecule has 0 aliphatic rings. The van der Waals surface area contributed by atoms with E-state index in [-0.39, 0.29) is 11.6 Å². The number of aromatic nitrogens is 1. The Kier molecular flexibility index (Phi) is 2.57. The van der Waals surface area contributed by atoms with Crippen LogP contribution in [0.25, 0.3) is 0 Å². The van der Waals surface area contributed by atoms with Crippen LogP contribution in [0.4, 0.5) is 0 Å². The molecule has 2 nitrogen and oxygen atoms in total. The van der Waals surface area contributed by atoms with Gasteiger partial charge in [0.25, 0.3) is 5.56 Å². The van der Waals surface area contributed by atoms with Crippen molar-refractivity contribution in [1.82, 2.24) is 4.57 Å². The minimum Gasteiger partial charge on any atom is -0.301 e. The lowest BCUT2D eigenvalue weighted by molar-refractivity contribution is 0.654. The van der Waals surface area contributed by atoms with E-state index in [2.05, 4.69) is 5.92 Å². The maximum absolute atomic E-state index is 11.2. The number of hydrogen-bond donors (Lipinski definition) is 0. The van der Waals surface area contributed by atoms with Crippen LogP contribution in [0.2, 0.25) is 5.02 Å². The monoisotopic (exact) mass is 181 g/mol. The fourth-order valence-electron chi connectivity index (χ4n) is 0.866. The molecule has 0 spiro atoms. The summed E-state index contributed by atoms with van der Waals surface area (Å²) < 4.78 is 1.45. The molecule has 0 saturated carbocycles. The molecular formula is C9H8ClNO. The third-order valence-corrected chi connectivity index (χ3v) is 1.80. The summed E-state index contributed by atoms with van der Waals surface area (Å²) in [5.41, 5.74) is -0.173. The molecular weight excluding hydrogens is 174 g/mol. The Morgan fingerprint density at radius 3 is 2.92 bits per heavy atom. The quantitative estimate of drug-likeness (QED) is 0.605. The van der Waals surface area contributed by atoms with Crippen LogP contribution in [0, 0.1) is 12.3 Å². The van der Waals surface area contributed by atoms with Crippen molar-refractivity contribution in [3.63, 3.8) is 0 Å². The standard InChI is InChI=1S/C9H8ClNO/c1-3-7(2)11-5-4-8(10)6-9(11)12/h1,4-7H,2H3. The summed E-state index contributed by atoms with van der Waals surface area (Å²) in [6.07, 6.45) is 6.76. The molecule has 1 aromatic heterocycles. The van der Waals surface area contributed by atoms with Crippen molar-refractivity contribution < 1.29 is 0 Å². The van der Waals surface area contributed by atoms with Gasteiger partial charge in [-0.2, -0.15) is 0 Å². The van der Waals surface area contributed by atoms with Crippen molar-refractivity contribution >= 4 is 11.6 Å². The van der Waals surface area contributed by atoms with Gasteiger partial charge < -0.3 is 4.57 Å². The molecule has 0 aromatic carbocycles. The van der Waals surface area contributed by atoms with Crippen molar-refractivity contribution in [2.75, 3.05) is 0 Å². The lowest BCUT2D eigenvalue weighted by Gasteiger charge is -2.07. The number of pyridine rings is 1. The van der Waals surface area contributed by atoms with Crippen LogP contribution < -0.4 is 5.56 Å². The zero-order valence-corrected chi connectivity index (χ0v) is 7.38. The van der Waals surface area contributed by atoms with Crippen molar-refractivity contribution in [2.24, 2.45) is 0 Å². The van der Waals surface area contributed by atoms with Gasteiger partial charge in [0.2, 0.25) is 0 Å². The lowest BCUT2D eigenvalue weighted by Crippen LogP contribution is -2.20. The van der Waals surface area contributed by atoms with E-state index in [0.717, 1.165) is 0 Å². The third kappa shape index (κ3) is 1.69. The fourth-order valence-corrected chi connectivity index (χ4v) is 1.02. The average molecular weight is 182 g/mol. The highest BCUT2D eigenvalue weighted by molar-refractivity contribution is 6.30. The Bertz CT molecular complexity index is 375. The van der Waals surface area contributed by atoms with Crippen molar-refractivity contribution in [3.8, 4) is 12.3 Å². The van der Waals surface area contributed by atoms with Crippen LogP contribution in [0.5, 0.6) is 0 Å². The molecule has 0 bridgehead atoms. The van der Waals surface area contributed by atoms with Gasteiger partial charge in [-0.25, -0.2) is 0 Å². The third-order valence-electron chi connectivity index (χ3n) is 1.57. The minimum absolute atomic E-state index is 0.173. The second-order valence-electron chi connectivity index (χ2n) is 2.43. The van der Waals surface area contributed by atoms with Crippen LogP contribution in [0.3, 0.4) is 0 Å². The highest BCUT2D eigenvalue weighted by Crippen LogP contribution is 2.05. The molecule has 0 radical (unpaired) electrons. The van der Waals surface area contributed by atoms with E-state index in [1.807, 2.05) is 0 Å². The molecule has 1 atom stereocenters. The number of rotatable bonds is 1. The van der Waals surface area contributed by atoms with Gasteiger partial charge in [-0.3, -0.25) is 4.79 Å². The van der Waals surface area contributed by atoms with Gasteiger partial charge in [-0.1, -0.05) is 17.5 Å². The topological polar surface area (TPSA) is 22.0 Å². The Hall–Kier alpha value is -1.20. The molecule has 12 heavy (non-hydrogen) atoms. The largest absolute Gasteiger partial charge is 0.301 e. The van der Waals surface area contributed by atoms with Gasteiger partial charge in [-0.15, -0.1) is 6.42 Å². The van der Waals surface area contributed by atoms with Gasteiger partial charge in [-0.05, 0) is 13.0 Å². The molecule has 1 rings (SSSR count). The Balaban J connectivity index is 3.21. The van der Waals surface area contributed by atoms with Crippen LogP contribution in [0.15, 0.2) is 23.1 Å². The van der Waals surface area contributed by atoms with Crippen LogP contribution in [-0.4, -0.2) is 4.57 Å². The second kappa shape index (κ2) is 3.46. The number of nitrogens with zero attached hydrogens (tertiary/aromatic N) is 1. The van der Waals surface area contributed by atoms with E-state index >= 15 is 0 Å². The van der Waals surface area contributed by atoms with Crippen LogP contribution >= 0.6 is 11.6 Å². The molecule has 0 aliphatic carbocycles. The Morgan fingerprint density at radius 1 is 1.75 bits per heavy atom. The molecule has 0 aliphatic heterocycles. The summed E-state index contributed by atoms with van der Waals surface area (Å²) in [4.78, 5) is 11.2. The zero-order chi connectivity index (χ0) is 9.14. The van der Waals surface area contributed by atoms with E-state index in [1.165, 1.54) is 10.6 Å². The zero-order valence-electron chi connectivity index (χ0n) is 6.62. The average Bonchev–Trinajstić information content (AvgIpc) is 2.03. The van der Waals surface area contributed by atoms with E-state index < -0.39 is 0 Å². The second-order valence-corrected chi connectivity index (χ2v) is 2.87. The molecule has 1 heterocycles. The maximum atomic E-state index is 11.2. The normalized spacial score (nSPS) is 12.1. The van der Waals surface area contributed by atoms with E-state index in [4.69, 9.17) is 18.0 Å². The maximum Gasteiger partial charge on any atom is 0.253 e. The first kappa shape index (κ1) is 8.89. The highest BCUT2D eigenvalue weighted by atomic mass is 35.5. The molecule has 0 saturated heterocycles. The van der Waals surface area contributed by atoms with Gasteiger partial charge >= 0.3 is 0 Å². The van der Waals surface area contributed by atoms with E-state index in [9.17, 15) is 4.79 Å². The van der Waals surface area contributed by atoms with Crippen molar-refractivity contribution in [3.05, 3.63) is 33.7 Å². The first-order valence-corrected chi connectivity index (χ1v) is 3.87. The van der Waals surface area contributed by atoms with Gasteiger partial charge in [0.05, 0.1) is 6.04 Å². The number of halogens is 1. The Labute approximate surface area is 75.8 Å². The van der Waals surface area contributed by atoms with E-state index in [0.29, 0.717) is 5.02 Å². The molecule has 0 fully saturated rings. The van der Waals surface area contributed by atoms with E-state index in [1.54, 1.807) is 19.2 Å². The lowest BCUT2D eigenvalue weighted by atomic mass is 10.3. The van der Waals surface area contributed by atoms with Crippen molar-refractivity contribution in [1.29, 1.82) is 0 Å². The summed E-state index contributed by atoms with van der Waals surface area (Å²) in [6.45, 7) is 1.77. The molecule has 1 unspecified atom stereocenters. The molecule has 0 amide bonds. The van der Waals surface area contributed by atoms with Crippen molar-refractivity contribution in [2.45, 2.75) is 13.0 Å². The SMILES string of the molecule is C#CC(C)n1ccc(Cl)cc1=O. The predicted octanol–water partition coefficient (Wildman–Crippen LogP) is 1.70. The predicted molar refractivity (Wildman–Crippen MR) is 49.3 cm³/mol. The highest BCUT2D eigenvalue weighted by Gasteiger charge is 2.01. The molecule has 1 aromatic rings. The van der Waals surface area contributed by atoms with Crippen LogP contribution in [-0.2, 0) is 0 Å². The summed E-state index contributed by atoms with van der Waals surface area (Å²) in [5, 5.41) is 0.431. The molecule has 0 N–H and O–H groups in total. The summed E-state index contributed by atoms with van der Waals surface area (Å²) in [6, 6.07) is 2.75. The summed E-state index contributed by atoms with van der Waals surface area (Å²) in [7, 11) is 0. The summed E-state index contributed by atoms with van der Waals surface area (Å²) >= 11 is 5.60. The fraction of sp³-hybridized carbons (Fsp3) is 0.222. The smallest absolute Gasteiger partial charge is 0.253 e. The first-order chi connectivity index (χ1) is 5.65. The molecule has 3 heteroatoms. The van der Waals surface area contributed by atoms with Gasteiger partial charge in [0, 0.05) is 17.3 Å². The van der Waals surface area contributed by atoms with Gasteiger partial charge in [0.15, 0.2) is 0 Å². The van der Waals surface area contributed by atoms with Gasteiger partial charge in [0.1, 0.15) is 0 Å².